The molecule has 0 spiro atoms. The monoisotopic (exact) mass is 127 g/mol. The van der Waals surface area contributed by atoms with Gasteiger partial charge in [-0.15, -0.1) is 0 Å². The molecule has 0 saturated heterocycles. The van der Waals surface area contributed by atoms with Gasteiger partial charge in [-0.25, -0.2) is 0 Å². The highest BCUT2D eigenvalue weighted by molar-refractivity contribution is 5.56. The third-order valence-electron chi connectivity index (χ3n) is 1.58. The van der Waals surface area contributed by atoms with Crippen molar-refractivity contribution < 1.29 is 4.84 Å². The Kier molecular flexibility index (Phi) is 2.55. The van der Waals surface area contributed by atoms with Gasteiger partial charge >= 0.3 is 0 Å². The van der Waals surface area contributed by atoms with Gasteiger partial charge in [0.2, 0.25) is 0 Å². The molecule has 0 atom stereocenters. The van der Waals surface area contributed by atoms with Gasteiger partial charge in [0, 0.05) is 6.21 Å². The number of nitrogens with zero attached hydrogens (tertiary/aromatic N) is 1. The molecule has 1 rings (SSSR count). The van der Waals surface area contributed by atoms with E-state index in [1.165, 1.54) is 19.3 Å². The fourth-order valence-corrected chi connectivity index (χ4v) is 0.844. The fourth-order valence-electron chi connectivity index (χ4n) is 0.844. The lowest BCUT2D eigenvalue weighted by Gasteiger charge is -1.87. The lowest BCUT2D eigenvalue weighted by atomic mass is 10.2. The van der Waals surface area contributed by atoms with E-state index >= 15 is 0 Å². The molecule has 9 heavy (non-hydrogen) atoms. The first kappa shape index (κ1) is 6.59. The zero-order valence-corrected chi connectivity index (χ0v) is 5.84. The number of oxime groups is 1. The molecule has 0 N–H and O–H groups in total. The molecule has 2 nitrogen and oxygen atoms in total. The maximum Gasteiger partial charge on any atom is 0.106 e. The average Bonchev–Trinajstić information content (AvgIpc) is 2.63. The van der Waals surface area contributed by atoms with E-state index in [0.29, 0.717) is 0 Å². The van der Waals surface area contributed by atoms with Gasteiger partial charge < -0.3 is 4.84 Å². The van der Waals surface area contributed by atoms with Crippen molar-refractivity contribution in [3.05, 3.63) is 0 Å². The molecule has 1 aliphatic carbocycles. The summed E-state index contributed by atoms with van der Waals surface area (Å²) >= 11 is 0. The Hall–Kier alpha value is -0.530. The van der Waals surface area contributed by atoms with Gasteiger partial charge in [-0.3, -0.25) is 0 Å². The van der Waals surface area contributed by atoms with Gasteiger partial charge in [0.25, 0.3) is 0 Å². The summed E-state index contributed by atoms with van der Waals surface area (Å²) in [6, 6.07) is 0. The minimum Gasteiger partial charge on any atom is -0.399 e. The lowest BCUT2D eigenvalue weighted by Crippen LogP contribution is -1.79. The summed E-state index contributed by atoms with van der Waals surface area (Å²) < 4.78 is 0. The second kappa shape index (κ2) is 3.49. The third-order valence-corrected chi connectivity index (χ3v) is 1.58. The van der Waals surface area contributed by atoms with Crippen molar-refractivity contribution in [2.24, 2.45) is 11.1 Å². The standard InChI is InChI=1S/C7H13NO/c1-9-8-6-2-3-7-4-5-7/h6-7H,2-5H2,1H3. The minimum absolute atomic E-state index is 1.01. The molecule has 0 aromatic heterocycles. The summed E-state index contributed by atoms with van der Waals surface area (Å²) in [7, 11) is 1.58. The van der Waals surface area contributed by atoms with Crippen LogP contribution in [0.25, 0.3) is 0 Å². The summed E-state index contributed by atoms with van der Waals surface area (Å²) in [5, 5.41) is 3.65. The Labute approximate surface area is 55.9 Å². The van der Waals surface area contributed by atoms with Crippen molar-refractivity contribution >= 4 is 6.21 Å². The van der Waals surface area contributed by atoms with Gasteiger partial charge in [0.1, 0.15) is 7.11 Å². The number of hydrogen-bond acceptors (Lipinski definition) is 2. The molecule has 0 heterocycles. The van der Waals surface area contributed by atoms with Crippen LogP contribution in [0.4, 0.5) is 0 Å². The zero-order chi connectivity index (χ0) is 6.53. The zero-order valence-electron chi connectivity index (χ0n) is 5.84. The predicted molar refractivity (Wildman–Crippen MR) is 37.5 cm³/mol. The molecular weight excluding hydrogens is 114 g/mol. The van der Waals surface area contributed by atoms with Gasteiger partial charge in [0.05, 0.1) is 0 Å². The van der Waals surface area contributed by atoms with Crippen molar-refractivity contribution in [3.63, 3.8) is 0 Å². The van der Waals surface area contributed by atoms with Crippen LogP contribution in [0.1, 0.15) is 25.7 Å². The first-order chi connectivity index (χ1) is 4.43. The second-order valence-electron chi connectivity index (χ2n) is 2.49. The largest absolute Gasteiger partial charge is 0.399 e. The minimum atomic E-state index is 1.01. The van der Waals surface area contributed by atoms with Crippen LogP contribution in [-0.2, 0) is 4.84 Å². The van der Waals surface area contributed by atoms with Crippen molar-refractivity contribution in [3.8, 4) is 0 Å². The molecule has 0 aliphatic heterocycles. The molecule has 2 heteroatoms. The van der Waals surface area contributed by atoms with Crippen LogP contribution in [0.5, 0.6) is 0 Å². The normalized spacial score (nSPS) is 18.8. The quantitative estimate of drug-likeness (QED) is 0.417. The van der Waals surface area contributed by atoms with E-state index < -0.39 is 0 Å². The van der Waals surface area contributed by atoms with E-state index in [1.807, 2.05) is 6.21 Å². The Bertz CT molecular complexity index is 97.1. The first-order valence-electron chi connectivity index (χ1n) is 3.48. The maximum atomic E-state index is 4.51. The van der Waals surface area contributed by atoms with Gasteiger partial charge in [-0.05, 0) is 18.8 Å². The van der Waals surface area contributed by atoms with E-state index in [-0.39, 0.29) is 0 Å². The summed E-state index contributed by atoms with van der Waals surface area (Å²) in [5.41, 5.74) is 0. The van der Waals surface area contributed by atoms with E-state index in [0.717, 1.165) is 12.3 Å². The van der Waals surface area contributed by atoms with Crippen LogP contribution in [0.2, 0.25) is 0 Å². The van der Waals surface area contributed by atoms with Crippen LogP contribution >= 0.6 is 0 Å². The van der Waals surface area contributed by atoms with Gasteiger partial charge in [-0.2, -0.15) is 0 Å². The van der Waals surface area contributed by atoms with E-state index in [2.05, 4.69) is 9.99 Å². The topological polar surface area (TPSA) is 21.6 Å². The highest BCUT2D eigenvalue weighted by atomic mass is 16.6. The Morgan fingerprint density at radius 1 is 1.67 bits per heavy atom. The molecule has 0 aromatic carbocycles. The van der Waals surface area contributed by atoms with Crippen LogP contribution in [0.15, 0.2) is 5.16 Å². The summed E-state index contributed by atoms with van der Waals surface area (Å²) in [6.07, 6.45) is 7.09. The highest BCUT2D eigenvalue weighted by Crippen LogP contribution is 2.32. The average molecular weight is 127 g/mol. The van der Waals surface area contributed by atoms with Gasteiger partial charge in [0.15, 0.2) is 0 Å². The third kappa shape index (κ3) is 3.12. The van der Waals surface area contributed by atoms with E-state index in [9.17, 15) is 0 Å². The van der Waals surface area contributed by atoms with Crippen LogP contribution in [0, 0.1) is 5.92 Å². The molecule has 1 saturated carbocycles. The fraction of sp³-hybridized carbons (Fsp3) is 0.857. The van der Waals surface area contributed by atoms with E-state index in [1.54, 1.807) is 7.11 Å². The smallest absolute Gasteiger partial charge is 0.106 e. The van der Waals surface area contributed by atoms with E-state index in [4.69, 9.17) is 0 Å². The van der Waals surface area contributed by atoms with Crippen molar-refractivity contribution in [1.29, 1.82) is 0 Å². The van der Waals surface area contributed by atoms with Crippen molar-refractivity contribution in [2.75, 3.05) is 7.11 Å². The molecule has 1 fully saturated rings. The number of rotatable bonds is 4. The SMILES string of the molecule is CON=CCCC1CC1. The molecule has 0 amide bonds. The second-order valence-corrected chi connectivity index (χ2v) is 2.49. The van der Waals surface area contributed by atoms with Crippen molar-refractivity contribution in [2.45, 2.75) is 25.7 Å². The lowest BCUT2D eigenvalue weighted by molar-refractivity contribution is 0.214. The Morgan fingerprint density at radius 2 is 2.44 bits per heavy atom. The summed E-state index contributed by atoms with van der Waals surface area (Å²) in [6.45, 7) is 0. The number of hydrogen-bond donors (Lipinski definition) is 0. The molecule has 0 bridgehead atoms. The van der Waals surface area contributed by atoms with Crippen molar-refractivity contribution in [1.82, 2.24) is 0 Å². The molecule has 52 valence electrons. The Morgan fingerprint density at radius 3 is 3.00 bits per heavy atom. The van der Waals surface area contributed by atoms with Crippen LogP contribution < -0.4 is 0 Å². The molecular formula is C7H13NO. The Balaban J connectivity index is 1.85. The molecule has 0 unspecified atom stereocenters. The predicted octanol–water partition coefficient (Wildman–Crippen LogP) is 1.81. The van der Waals surface area contributed by atoms with Gasteiger partial charge in [-0.1, -0.05) is 18.0 Å². The summed E-state index contributed by atoms with van der Waals surface area (Å²) in [4.78, 5) is 4.51. The maximum absolute atomic E-state index is 4.51. The summed E-state index contributed by atoms with van der Waals surface area (Å²) in [5.74, 6) is 1.01. The molecule has 0 radical (unpaired) electrons. The first-order valence-corrected chi connectivity index (χ1v) is 3.48. The highest BCUT2D eigenvalue weighted by Gasteiger charge is 2.19. The van der Waals surface area contributed by atoms with Crippen LogP contribution in [-0.4, -0.2) is 13.3 Å². The van der Waals surface area contributed by atoms with Crippen LogP contribution in [0.3, 0.4) is 0 Å². The molecule has 1 aliphatic rings. The molecule has 0 aromatic rings.